The van der Waals surface area contributed by atoms with Crippen molar-refractivity contribution in [1.29, 1.82) is 0 Å². The minimum Gasteiger partial charge on any atom is -0.452 e. The van der Waals surface area contributed by atoms with Gasteiger partial charge in [-0.25, -0.2) is 4.79 Å². The summed E-state index contributed by atoms with van der Waals surface area (Å²) in [5, 5.41) is 7.67. The van der Waals surface area contributed by atoms with Crippen LogP contribution in [-0.2, 0) is 16.1 Å². The molecule has 0 N–H and O–H groups in total. The van der Waals surface area contributed by atoms with Crippen LogP contribution in [0.25, 0.3) is 17.5 Å². The van der Waals surface area contributed by atoms with Gasteiger partial charge in [-0.2, -0.15) is 0 Å². The molecule has 0 spiro atoms. The second kappa shape index (κ2) is 8.38. The van der Waals surface area contributed by atoms with Crippen LogP contribution < -0.4 is 4.74 Å². The molecule has 3 aromatic rings. The first-order valence-electron chi connectivity index (χ1n) is 7.97. The third-order valence-corrected chi connectivity index (χ3v) is 3.35. The maximum absolute atomic E-state index is 12.1. The van der Waals surface area contributed by atoms with E-state index in [0.29, 0.717) is 11.5 Å². The van der Waals surface area contributed by atoms with Crippen molar-refractivity contribution >= 4 is 12.0 Å². The molecule has 0 bridgehead atoms. The topological polar surface area (TPSA) is 74.5 Å². The molecule has 0 amide bonds. The Hall–Kier alpha value is -3.62. The number of hydrogen-bond acceptors (Lipinski definition) is 6. The number of aromatic nitrogens is 2. The van der Waals surface area contributed by atoms with Crippen molar-refractivity contribution in [2.24, 2.45) is 0 Å². The van der Waals surface area contributed by atoms with Crippen LogP contribution in [0, 0.1) is 0 Å². The molecular formula is C19H13F3N2O4. The Labute approximate surface area is 157 Å². The van der Waals surface area contributed by atoms with Crippen LogP contribution in [0.3, 0.4) is 0 Å². The number of halogens is 3. The number of carbonyl (C=O) groups excluding carboxylic acids is 1. The Morgan fingerprint density at radius 2 is 1.75 bits per heavy atom. The normalized spacial score (nSPS) is 11.5. The summed E-state index contributed by atoms with van der Waals surface area (Å²) in [5.74, 6) is -0.578. The van der Waals surface area contributed by atoms with Gasteiger partial charge in [0.05, 0.1) is 0 Å². The lowest BCUT2D eigenvalue weighted by Crippen LogP contribution is -2.16. The zero-order valence-corrected chi connectivity index (χ0v) is 14.2. The summed E-state index contributed by atoms with van der Waals surface area (Å²) in [6.45, 7) is -0.207. The number of alkyl halides is 3. The van der Waals surface area contributed by atoms with E-state index in [4.69, 9.17) is 9.15 Å². The predicted octanol–water partition coefficient (Wildman–Crippen LogP) is 4.39. The molecule has 0 radical (unpaired) electrons. The van der Waals surface area contributed by atoms with E-state index in [1.165, 1.54) is 18.2 Å². The van der Waals surface area contributed by atoms with Crippen molar-refractivity contribution in [2.75, 3.05) is 0 Å². The maximum Gasteiger partial charge on any atom is 0.573 e. The molecule has 0 fully saturated rings. The zero-order chi connectivity index (χ0) is 20.0. The van der Waals surface area contributed by atoms with E-state index < -0.39 is 12.3 Å². The van der Waals surface area contributed by atoms with Crippen molar-refractivity contribution in [3.63, 3.8) is 0 Å². The quantitative estimate of drug-likeness (QED) is 0.459. The minimum absolute atomic E-state index is 0.134. The van der Waals surface area contributed by atoms with Crippen LogP contribution in [0.5, 0.6) is 5.75 Å². The number of carbonyl (C=O) groups is 1. The van der Waals surface area contributed by atoms with E-state index in [9.17, 15) is 18.0 Å². The summed E-state index contributed by atoms with van der Waals surface area (Å²) in [6, 6.07) is 14.1. The van der Waals surface area contributed by atoms with Gasteiger partial charge in [0, 0.05) is 11.6 Å². The fraction of sp³-hybridized carbons (Fsp3) is 0.105. The first-order valence-corrected chi connectivity index (χ1v) is 7.97. The smallest absolute Gasteiger partial charge is 0.452 e. The minimum atomic E-state index is -4.75. The molecule has 0 aliphatic rings. The van der Waals surface area contributed by atoms with Crippen LogP contribution in [0.2, 0.25) is 0 Å². The van der Waals surface area contributed by atoms with Gasteiger partial charge in [0.25, 0.3) is 5.89 Å². The molecular weight excluding hydrogens is 377 g/mol. The van der Waals surface area contributed by atoms with Crippen molar-refractivity contribution in [3.8, 4) is 17.2 Å². The van der Waals surface area contributed by atoms with E-state index in [2.05, 4.69) is 14.9 Å². The molecule has 6 nitrogen and oxygen atoms in total. The summed E-state index contributed by atoms with van der Waals surface area (Å²) >= 11 is 0. The number of rotatable bonds is 6. The van der Waals surface area contributed by atoms with Crippen LogP contribution in [0.4, 0.5) is 13.2 Å². The van der Waals surface area contributed by atoms with Gasteiger partial charge in [0.15, 0.2) is 6.61 Å². The van der Waals surface area contributed by atoms with E-state index in [0.717, 1.165) is 23.8 Å². The highest BCUT2D eigenvalue weighted by atomic mass is 19.4. The van der Waals surface area contributed by atoms with E-state index in [-0.39, 0.29) is 18.2 Å². The lowest BCUT2D eigenvalue weighted by molar-refractivity contribution is -0.274. The number of esters is 1. The fourth-order valence-corrected chi connectivity index (χ4v) is 2.14. The van der Waals surface area contributed by atoms with Crippen molar-refractivity contribution in [3.05, 3.63) is 72.1 Å². The van der Waals surface area contributed by atoms with Crippen molar-refractivity contribution < 1.29 is 31.9 Å². The van der Waals surface area contributed by atoms with Crippen LogP contribution in [0.1, 0.15) is 11.5 Å². The number of ether oxygens (including phenoxy) is 2. The summed E-state index contributed by atoms with van der Waals surface area (Å²) in [5.41, 5.74) is 1.24. The van der Waals surface area contributed by atoms with Gasteiger partial charge in [-0.15, -0.1) is 23.4 Å². The zero-order valence-electron chi connectivity index (χ0n) is 14.2. The van der Waals surface area contributed by atoms with E-state index >= 15 is 0 Å². The molecule has 0 aliphatic carbocycles. The highest BCUT2D eigenvalue weighted by molar-refractivity contribution is 5.87. The average Bonchev–Trinajstić information content (AvgIpc) is 3.14. The van der Waals surface area contributed by atoms with Gasteiger partial charge in [-0.05, 0) is 35.9 Å². The molecule has 28 heavy (non-hydrogen) atoms. The third-order valence-electron chi connectivity index (χ3n) is 3.35. The SMILES string of the molecule is O=C(/C=C/c1ccc(OC(F)(F)F)cc1)OCc1nnc(-c2ccccc2)o1. The number of benzene rings is 2. The monoisotopic (exact) mass is 390 g/mol. The highest BCUT2D eigenvalue weighted by Gasteiger charge is 2.30. The Kier molecular flexibility index (Phi) is 5.73. The van der Waals surface area contributed by atoms with E-state index in [1.54, 1.807) is 12.1 Å². The van der Waals surface area contributed by atoms with Crippen molar-refractivity contribution in [2.45, 2.75) is 13.0 Å². The molecule has 2 aromatic carbocycles. The summed E-state index contributed by atoms with van der Waals surface area (Å²) < 4.78 is 50.5. The van der Waals surface area contributed by atoms with Gasteiger partial charge in [-0.1, -0.05) is 30.3 Å². The molecule has 0 unspecified atom stereocenters. The lowest BCUT2D eigenvalue weighted by Gasteiger charge is -2.08. The summed E-state index contributed by atoms with van der Waals surface area (Å²) in [6.07, 6.45) is -2.23. The molecule has 9 heteroatoms. The molecule has 1 aromatic heterocycles. The summed E-state index contributed by atoms with van der Waals surface area (Å²) in [7, 11) is 0. The summed E-state index contributed by atoms with van der Waals surface area (Å²) in [4.78, 5) is 11.7. The van der Waals surface area contributed by atoms with E-state index in [1.807, 2.05) is 18.2 Å². The first kappa shape index (κ1) is 19.2. The lowest BCUT2D eigenvalue weighted by atomic mass is 10.2. The largest absolute Gasteiger partial charge is 0.573 e. The van der Waals surface area contributed by atoms with Gasteiger partial charge >= 0.3 is 12.3 Å². The van der Waals surface area contributed by atoms with Gasteiger partial charge in [0.2, 0.25) is 5.89 Å². The predicted molar refractivity (Wildman–Crippen MR) is 91.7 cm³/mol. The second-order valence-corrected chi connectivity index (χ2v) is 5.42. The van der Waals surface area contributed by atoms with Gasteiger partial charge in [-0.3, -0.25) is 0 Å². The molecule has 3 rings (SSSR count). The molecule has 0 aliphatic heterocycles. The fourth-order valence-electron chi connectivity index (χ4n) is 2.14. The standard InChI is InChI=1S/C19H13F3N2O4/c20-19(21,22)28-15-9-6-13(7-10-15)8-11-17(25)26-12-16-23-24-18(27-16)14-4-2-1-3-5-14/h1-11H,12H2/b11-8+. The Balaban J connectivity index is 1.51. The molecule has 1 heterocycles. The Morgan fingerprint density at radius 1 is 1.04 bits per heavy atom. The van der Waals surface area contributed by atoms with Gasteiger partial charge < -0.3 is 13.9 Å². The first-order chi connectivity index (χ1) is 13.4. The molecule has 0 saturated carbocycles. The van der Waals surface area contributed by atoms with Crippen LogP contribution >= 0.6 is 0 Å². The number of hydrogen-bond donors (Lipinski definition) is 0. The maximum atomic E-state index is 12.1. The Bertz CT molecular complexity index is 951. The number of nitrogens with zero attached hydrogens (tertiary/aromatic N) is 2. The van der Waals surface area contributed by atoms with Gasteiger partial charge in [0.1, 0.15) is 5.75 Å². The molecule has 0 saturated heterocycles. The highest BCUT2D eigenvalue weighted by Crippen LogP contribution is 2.23. The van der Waals surface area contributed by atoms with Crippen LogP contribution in [0.15, 0.2) is 65.1 Å². The second-order valence-electron chi connectivity index (χ2n) is 5.42. The Morgan fingerprint density at radius 3 is 2.43 bits per heavy atom. The van der Waals surface area contributed by atoms with Crippen LogP contribution in [-0.4, -0.2) is 22.5 Å². The molecule has 0 atom stereocenters. The average molecular weight is 390 g/mol. The third kappa shape index (κ3) is 5.70. The van der Waals surface area contributed by atoms with Crippen molar-refractivity contribution in [1.82, 2.24) is 10.2 Å². The molecule has 144 valence electrons.